The maximum atomic E-state index is 12.5. The Labute approximate surface area is 157 Å². The highest BCUT2D eigenvalue weighted by Crippen LogP contribution is 2.21. The van der Waals surface area contributed by atoms with Crippen LogP contribution in [0.4, 0.5) is 0 Å². The predicted molar refractivity (Wildman–Crippen MR) is 102 cm³/mol. The van der Waals surface area contributed by atoms with Crippen LogP contribution in [0.15, 0.2) is 48.7 Å². The number of hydrogen-bond donors (Lipinski definition) is 2. The number of carbonyl (C=O) groups is 1. The first-order valence-electron chi connectivity index (χ1n) is 7.57. The Morgan fingerprint density at radius 1 is 1.24 bits per heavy atom. The molecule has 1 atom stereocenters. The largest absolute Gasteiger partial charge is 0.343 e. The summed E-state index contributed by atoms with van der Waals surface area (Å²) in [6, 6.07) is 13.7. The molecule has 0 radical (unpaired) electrons. The number of carbonyl (C=O) groups excluding carboxylic acids is 1. The minimum absolute atomic E-state index is 0. The van der Waals surface area contributed by atoms with E-state index in [1.807, 2.05) is 42.5 Å². The van der Waals surface area contributed by atoms with E-state index in [0.717, 1.165) is 16.3 Å². The van der Waals surface area contributed by atoms with Gasteiger partial charge in [0.05, 0.1) is 17.3 Å². The third-order valence-electron chi connectivity index (χ3n) is 3.80. The van der Waals surface area contributed by atoms with Gasteiger partial charge in [0, 0.05) is 6.54 Å². The van der Waals surface area contributed by atoms with Gasteiger partial charge in [-0.1, -0.05) is 48.0 Å². The maximum Gasteiger partial charge on any atom is 0.272 e. The number of aryl methyl sites for hydroxylation is 1. The normalized spacial score (nSPS) is 11.6. The smallest absolute Gasteiger partial charge is 0.272 e. The molecule has 1 amide bonds. The molecular weight excluding hydrogens is 359 g/mol. The van der Waals surface area contributed by atoms with Crippen molar-refractivity contribution >= 4 is 40.7 Å². The topological polar surface area (TPSA) is 80.9 Å². The monoisotopic (exact) mass is 376 g/mol. The van der Waals surface area contributed by atoms with Crippen molar-refractivity contribution in [2.75, 3.05) is 6.54 Å². The minimum atomic E-state index is -0.367. The van der Waals surface area contributed by atoms with Crippen LogP contribution in [0.25, 0.3) is 10.8 Å². The molecule has 0 aliphatic heterocycles. The van der Waals surface area contributed by atoms with Gasteiger partial charge in [0.2, 0.25) is 0 Å². The van der Waals surface area contributed by atoms with Gasteiger partial charge in [0.15, 0.2) is 0 Å². The molecule has 0 aliphatic carbocycles. The fourth-order valence-electron chi connectivity index (χ4n) is 2.54. The number of rotatable bonds is 4. The number of nitrogens with one attached hydrogen (secondary N) is 1. The van der Waals surface area contributed by atoms with Crippen LogP contribution >= 0.6 is 24.0 Å². The molecule has 1 unspecified atom stereocenters. The second kappa shape index (κ2) is 8.25. The number of nitrogens with two attached hydrogens (primary N) is 1. The fraction of sp³-hybridized carbons (Fsp3) is 0.167. The third kappa shape index (κ3) is 4.25. The van der Waals surface area contributed by atoms with Crippen molar-refractivity contribution in [3.8, 4) is 0 Å². The SMILES string of the molecule is Cc1ncc(Cl)c(C(=O)NC(CN)c2ccc3ccccc3c2)n1.Cl. The van der Waals surface area contributed by atoms with Gasteiger partial charge >= 0.3 is 0 Å². The predicted octanol–water partition coefficient (Wildman–Crippen LogP) is 3.44. The van der Waals surface area contributed by atoms with Gasteiger partial charge in [-0.2, -0.15) is 0 Å². The van der Waals surface area contributed by atoms with E-state index in [4.69, 9.17) is 17.3 Å². The standard InChI is InChI=1S/C18H17ClN4O.ClH/c1-11-21-10-15(19)17(22-11)18(24)23-16(9-20)14-7-6-12-4-2-3-5-13(12)8-14;/h2-8,10,16H,9,20H2,1H3,(H,23,24);1H. The van der Waals surface area contributed by atoms with Crippen LogP contribution in [0.3, 0.4) is 0 Å². The molecule has 0 saturated carbocycles. The van der Waals surface area contributed by atoms with Crippen LogP contribution in [-0.4, -0.2) is 22.4 Å². The zero-order valence-electron chi connectivity index (χ0n) is 13.6. The Balaban J connectivity index is 0.00000225. The zero-order chi connectivity index (χ0) is 17.1. The van der Waals surface area contributed by atoms with Gasteiger partial charge in [0.1, 0.15) is 11.5 Å². The Kier molecular flexibility index (Phi) is 6.31. The van der Waals surface area contributed by atoms with Gasteiger partial charge in [-0.05, 0) is 29.3 Å². The number of aromatic nitrogens is 2. The molecule has 0 saturated heterocycles. The molecule has 0 spiro atoms. The van der Waals surface area contributed by atoms with Gasteiger partial charge in [0.25, 0.3) is 5.91 Å². The van der Waals surface area contributed by atoms with Gasteiger partial charge in [-0.25, -0.2) is 9.97 Å². The zero-order valence-corrected chi connectivity index (χ0v) is 15.1. The summed E-state index contributed by atoms with van der Waals surface area (Å²) in [5, 5.41) is 5.34. The first-order chi connectivity index (χ1) is 11.6. The molecule has 25 heavy (non-hydrogen) atoms. The number of benzene rings is 2. The van der Waals surface area contributed by atoms with Crippen LogP contribution in [-0.2, 0) is 0 Å². The molecule has 1 heterocycles. The average molecular weight is 377 g/mol. The number of amides is 1. The summed E-state index contributed by atoms with van der Waals surface area (Å²) in [4.78, 5) is 20.6. The number of nitrogens with zero attached hydrogens (tertiary/aromatic N) is 2. The number of hydrogen-bond acceptors (Lipinski definition) is 4. The molecule has 0 bridgehead atoms. The quantitative estimate of drug-likeness (QED) is 0.730. The molecule has 3 N–H and O–H groups in total. The van der Waals surface area contributed by atoms with Crippen LogP contribution < -0.4 is 11.1 Å². The van der Waals surface area contributed by atoms with Crippen molar-refractivity contribution in [1.82, 2.24) is 15.3 Å². The summed E-state index contributed by atoms with van der Waals surface area (Å²) >= 11 is 6.02. The molecule has 7 heteroatoms. The lowest BCUT2D eigenvalue weighted by atomic mass is 10.0. The van der Waals surface area contributed by atoms with Crippen molar-refractivity contribution in [3.05, 3.63) is 70.8 Å². The van der Waals surface area contributed by atoms with E-state index in [0.29, 0.717) is 5.82 Å². The fourth-order valence-corrected chi connectivity index (χ4v) is 2.72. The van der Waals surface area contributed by atoms with Crippen molar-refractivity contribution < 1.29 is 4.79 Å². The molecule has 130 valence electrons. The molecule has 3 rings (SSSR count). The van der Waals surface area contributed by atoms with E-state index < -0.39 is 0 Å². The summed E-state index contributed by atoms with van der Waals surface area (Å²) in [5.74, 6) is 0.119. The highest BCUT2D eigenvalue weighted by Gasteiger charge is 2.18. The van der Waals surface area contributed by atoms with E-state index >= 15 is 0 Å². The van der Waals surface area contributed by atoms with Crippen molar-refractivity contribution in [3.63, 3.8) is 0 Å². The van der Waals surface area contributed by atoms with Crippen molar-refractivity contribution in [2.45, 2.75) is 13.0 Å². The second-order valence-corrected chi connectivity index (χ2v) is 5.89. The summed E-state index contributed by atoms with van der Waals surface area (Å²) in [6.45, 7) is 1.97. The van der Waals surface area contributed by atoms with E-state index in [1.54, 1.807) is 6.92 Å². The summed E-state index contributed by atoms with van der Waals surface area (Å²) < 4.78 is 0. The molecule has 2 aromatic carbocycles. The number of halogens is 2. The Morgan fingerprint density at radius 2 is 1.96 bits per heavy atom. The van der Waals surface area contributed by atoms with E-state index in [9.17, 15) is 4.79 Å². The first-order valence-corrected chi connectivity index (χ1v) is 7.95. The maximum absolute atomic E-state index is 12.5. The molecule has 1 aromatic heterocycles. The molecular formula is C18H18Cl2N4O. The Hall–Kier alpha value is -2.21. The second-order valence-electron chi connectivity index (χ2n) is 5.48. The van der Waals surface area contributed by atoms with Crippen LogP contribution in [0.2, 0.25) is 5.02 Å². The van der Waals surface area contributed by atoms with E-state index in [2.05, 4.69) is 15.3 Å². The van der Waals surface area contributed by atoms with E-state index in [-0.39, 0.29) is 41.6 Å². The molecule has 5 nitrogen and oxygen atoms in total. The Bertz CT molecular complexity index is 901. The minimum Gasteiger partial charge on any atom is -0.343 e. The van der Waals surface area contributed by atoms with E-state index in [1.165, 1.54) is 6.20 Å². The highest BCUT2D eigenvalue weighted by molar-refractivity contribution is 6.33. The van der Waals surface area contributed by atoms with Crippen LogP contribution in [0.5, 0.6) is 0 Å². The van der Waals surface area contributed by atoms with Crippen LogP contribution in [0, 0.1) is 6.92 Å². The number of fused-ring (bicyclic) bond motifs is 1. The summed E-state index contributed by atoms with van der Waals surface area (Å²) in [7, 11) is 0. The molecule has 3 aromatic rings. The molecule has 0 aliphatic rings. The highest BCUT2D eigenvalue weighted by atomic mass is 35.5. The lowest BCUT2D eigenvalue weighted by Crippen LogP contribution is -2.34. The molecule has 0 fully saturated rings. The summed E-state index contributed by atoms with van der Waals surface area (Å²) in [6.07, 6.45) is 1.42. The first kappa shape index (κ1) is 19.1. The Morgan fingerprint density at radius 3 is 2.68 bits per heavy atom. The van der Waals surface area contributed by atoms with Gasteiger partial charge in [-0.15, -0.1) is 12.4 Å². The lowest BCUT2D eigenvalue weighted by molar-refractivity contribution is 0.0932. The average Bonchev–Trinajstić information content (AvgIpc) is 2.61. The van der Waals surface area contributed by atoms with Crippen molar-refractivity contribution in [1.29, 1.82) is 0 Å². The third-order valence-corrected chi connectivity index (χ3v) is 4.07. The summed E-state index contributed by atoms with van der Waals surface area (Å²) in [5.41, 5.74) is 6.96. The van der Waals surface area contributed by atoms with Crippen molar-refractivity contribution in [2.24, 2.45) is 5.73 Å². The van der Waals surface area contributed by atoms with Crippen LogP contribution in [0.1, 0.15) is 27.9 Å². The van der Waals surface area contributed by atoms with Gasteiger partial charge in [-0.3, -0.25) is 4.79 Å². The lowest BCUT2D eigenvalue weighted by Gasteiger charge is -2.18. The van der Waals surface area contributed by atoms with Gasteiger partial charge < -0.3 is 11.1 Å².